The molecule has 6 nitrogen and oxygen atoms in total. The molecule has 3 heterocycles. The molecule has 0 spiro atoms. The first-order chi connectivity index (χ1) is 14.1. The van der Waals surface area contributed by atoms with Crippen LogP contribution in [0.1, 0.15) is 32.6 Å². The van der Waals surface area contributed by atoms with Crippen LogP contribution in [0.3, 0.4) is 0 Å². The van der Waals surface area contributed by atoms with Crippen LogP contribution in [0.25, 0.3) is 11.4 Å². The lowest BCUT2D eigenvalue weighted by Gasteiger charge is -2.30. The molecule has 1 atom stereocenters. The Hall–Kier alpha value is -1.93. The van der Waals surface area contributed by atoms with Gasteiger partial charge in [0, 0.05) is 25.3 Å². The van der Waals surface area contributed by atoms with Crippen molar-refractivity contribution in [3.05, 3.63) is 30.1 Å². The molecule has 4 rings (SSSR count). The van der Waals surface area contributed by atoms with Crippen LogP contribution in [-0.4, -0.2) is 57.1 Å². The van der Waals surface area contributed by atoms with Gasteiger partial charge in [-0.15, -0.1) is 10.2 Å². The van der Waals surface area contributed by atoms with E-state index in [4.69, 9.17) is 4.74 Å². The van der Waals surface area contributed by atoms with Crippen LogP contribution in [-0.2, 0) is 16.1 Å². The maximum absolute atomic E-state index is 13.3. The lowest BCUT2D eigenvalue weighted by Crippen LogP contribution is -2.38. The Kier molecular flexibility index (Phi) is 6.50. The first-order valence-corrected chi connectivity index (χ1v) is 11.3. The molecule has 0 aliphatic carbocycles. The van der Waals surface area contributed by atoms with Crippen molar-refractivity contribution in [1.29, 1.82) is 0 Å². The molecule has 2 saturated heterocycles. The van der Waals surface area contributed by atoms with Crippen molar-refractivity contribution in [2.75, 3.05) is 25.4 Å². The normalized spacial score (nSPS) is 20.3. The van der Waals surface area contributed by atoms with E-state index in [-0.39, 0.29) is 17.8 Å². The second-order valence-corrected chi connectivity index (χ2v) is 8.85. The van der Waals surface area contributed by atoms with Crippen molar-refractivity contribution >= 4 is 17.7 Å². The number of rotatable bonds is 6. The Bertz CT molecular complexity index is 828. The van der Waals surface area contributed by atoms with Gasteiger partial charge in [-0.1, -0.05) is 18.7 Å². The SMILES string of the molecule is CC1CCN(C(=O)CSc2nnc(-c3ccc(F)cc3)n2CC2CCCO2)CC1. The van der Waals surface area contributed by atoms with E-state index in [1.165, 1.54) is 23.9 Å². The van der Waals surface area contributed by atoms with Crippen molar-refractivity contribution in [3.8, 4) is 11.4 Å². The summed E-state index contributed by atoms with van der Waals surface area (Å²) in [7, 11) is 0. The van der Waals surface area contributed by atoms with Gasteiger partial charge in [-0.2, -0.15) is 0 Å². The molecule has 1 amide bonds. The van der Waals surface area contributed by atoms with E-state index in [1.807, 2.05) is 9.47 Å². The predicted octanol–water partition coefficient (Wildman–Crippen LogP) is 3.61. The average molecular weight is 419 g/mol. The molecule has 2 aliphatic heterocycles. The number of piperidine rings is 1. The van der Waals surface area contributed by atoms with Gasteiger partial charge in [0.05, 0.1) is 18.4 Å². The molecular formula is C21H27FN4O2S. The number of hydrogen-bond acceptors (Lipinski definition) is 5. The highest BCUT2D eigenvalue weighted by atomic mass is 32.2. The summed E-state index contributed by atoms with van der Waals surface area (Å²) in [6.07, 6.45) is 4.30. The number of amides is 1. The second-order valence-electron chi connectivity index (χ2n) is 7.91. The van der Waals surface area contributed by atoms with E-state index in [2.05, 4.69) is 17.1 Å². The lowest BCUT2D eigenvalue weighted by molar-refractivity contribution is -0.129. The third kappa shape index (κ3) is 4.98. The number of benzene rings is 1. The number of carbonyl (C=O) groups excluding carboxylic acids is 1. The molecule has 2 aliphatic rings. The van der Waals surface area contributed by atoms with Crippen LogP contribution in [0.15, 0.2) is 29.4 Å². The summed E-state index contributed by atoms with van der Waals surface area (Å²) >= 11 is 1.42. The van der Waals surface area contributed by atoms with Gasteiger partial charge >= 0.3 is 0 Å². The van der Waals surface area contributed by atoms with Gasteiger partial charge in [-0.05, 0) is 55.9 Å². The zero-order valence-corrected chi connectivity index (χ0v) is 17.5. The Balaban J connectivity index is 1.49. The van der Waals surface area contributed by atoms with Crippen LogP contribution in [0.5, 0.6) is 0 Å². The monoisotopic (exact) mass is 418 g/mol. The van der Waals surface area contributed by atoms with Crippen LogP contribution in [0, 0.1) is 11.7 Å². The van der Waals surface area contributed by atoms with Gasteiger partial charge < -0.3 is 9.64 Å². The molecule has 1 unspecified atom stereocenters. The number of ether oxygens (including phenoxy) is 1. The summed E-state index contributed by atoms with van der Waals surface area (Å²) in [5, 5.41) is 9.40. The van der Waals surface area contributed by atoms with Gasteiger partial charge in [-0.25, -0.2) is 4.39 Å². The number of thioether (sulfide) groups is 1. The van der Waals surface area contributed by atoms with E-state index < -0.39 is 0 Å². The second kappa shape index (κ2) is 9.26. The number of carbonyl (C=O) groups is 1. The van der Waals surface area contributed by atoms with Gasteiger partial charge in [0.1, 0.15) is 5.82 Å². The number of hydrogen-bond donors (Lipinski definition) is 0. The van der Waals surface area contributed by atoms with Crippen molar-refractivity contribution < 1.29 is 13.9 Å². The smallest absolute Gasteiger partial charge is 0.233 e. The molecule has 0 N–H and O–H groups in total. The highest BCUT2D eigenvalue weighted by molar-refractivity contribution is 7.99. The molecule has 156 valence electrons. The largest absolute Gasteiger partial charge is 0.376 e. The minimum Gasteiger partial charge on any atom is -0.376 e. The highest BCUT2D eigenvalue weighted by Gasteiger charge is 2.24. The van der Waals surface area contributed by atoms with E-state index in [1.54, 1.807) is 12.1 Å². The zero-order chi connectivity index (χ0) is 20.2. The Morgan fingerprint density at radius 2 is 1.97 bits per heavy atom. The van der Waals surface area contributed by atoms with Gasteiger partial charge in [0.25, 0.3) is 0 Å². The van der Waals surface area contributed by atoms with Crippen molar-refractivity contribution in [2.24, 2.45) is 5.92 Å². The minimum atomic E-state index is -0.282. The molecule has 0 saturated carbocycles. The van der Waals surface area contributed by atoms with Crippen molar-refractivity contribution in [3.63, 3.8) is 0 Å². The Morgan fingerprint density at radius 1 is 1.21 bits per heavy atom. The van der Waals surface area contributed by atoms with Crippen molar-refractivity contribution in [1.82, 2.24) is 19.7 Å². The van der Waals surface area contributed by atoms with E-state index in [9.17, 15) is 9.18 Å². The van der Waals surface area contributed by atoms with Gasteiger partial charge in [-0.3, -0.25) is 9.36 Å². The fraction of sp³-hybridized carbons (Fsp3) is 0.571. The average Bonchev–Trinajstić information content (AvgIpc) is 3.38. The number of aromatic nitrogens is 3. The summed E-state index contributed by atoms with van der Waals surface area (Å²) in [6.45, 7) is 5.32. The minimum absolute atomic E-state index is 0.115. The summed E-state index contributed by atoms with van der Waals surface area (Å²) < 4.78 is 21.2. The standard InChI is InChI=1S/C21H27FN4O2S/c1-15-8-10-25(11-9-15)19(27)14-29-21-24-23-20(16-4-6-17(22)7-5-16)26(21)13-18-3-2-12-28-18/h4-7,15,18H,2-3,8-14H2,1H3. The maximum atomic E-state index is 13.3. The van der Waals surface area contributed by atoms with Gasteiger partial charge in [0.15, 0.2) is 11.0 Å². The number of halogens is 1. The van der Waals surface area contributed by atoms with Crippen LogP contribution in [0.4, 0.5) is 4.39 Å². The predicted molar refractivity (Wildman–Crippen MR) is 110 cm³/mol. The fourth-order valence-corrected chi connectivity index (χ4v) is 4.69. The molecule has 1 aromatic heterocycles. The molecule has 8 heteroatoms. The first-order valence-electron chi connectivity index (χ1n) is 10.3. The Labute approximate surface area is 174 Å². The summed E-state index contributed by atoms with van der Waals surface area (Å²) in [4.78, 5) is 14.6. The molecule has 0 bridgehead atoms. The summed E-state index contributed by atoms with van der Waals surface area (Å²) in [6, 6.07) is 6.27. The number of likely N-dealkylation sites (tertiary alicyclic amines) is 1. The first kappa shape index (κ1) is 20.3. The summed E-state index contributed by atoms with van der Waals surface area (Å²) in [5.41, 5.74) is 0.806. The fourth-order valence-electron chi connectivity index (χ4n) is 3.84. The molecule has 1 aromatic carbocycles. The third-order valence-electron chi connectivity index (χ3n) is 5.69. The van der Waals surface area contributed by atoms with Crippen LogP contribution >= 0.6 is 11.8 Å². The maximum Gasteiger partial charge on any atom is 0.233 e. The molecule has 29 heavy (non-hydrogen) atoms. The molecule has 2 aromatic rings. The molecule has 2 fully saturated rings. The zero-order valence-electron chi connectivity index (χ0n) is 16.7. The van der Waals surface area contributed by atoms with E-state index >= 15 is 0 Å². The van der Waals surface area contributed by atoms with Crippen LogP contribution in [0.2, 0.25) is 0 Å². The highest BCUT2D eigenvalue weighted by Crippen LogP contribution is 2.27. The van der Waals surface area contributed by atoms with Gasteiger partial charge in [0.2, 0.25) is 5.91 Å². The van der Waals surface area contributed by atoms with Crippen LogP contribution < -0.4 is 0 Å². The molecular weight excluding hydrogens is 391 g/mol. The van der Waals surface area contributed by atoms with Crippen molar-refractivity contribution in [2.45, 2.75) is 50.4 Å². The Morgan fingerprint density at radius 3 is 2.66 bits per heavy atom. The number of nitrogens with zero attached hydrogens (tertiary/aromatic N) is 4. The van der Waals surface area contributed by atoms with E-state index in [0.717, 1.165) is 50.9 Å². The summed E-state index contributed by atoms with van der Waals surface area (Å²) in [5.74, 6) is 1.59. The lowest BCUT2D eigenvalue weighted by atomic mass is 9.99. The molecule has 0 radical (unpaired) electrons. The quantitative estimate of drug-likeness (QED) is 0.671. The third-order valence-corrected chi connectivity index (χ3v) is 6.64. The van der Waals surface area contributed by atoms with E-state index in [0.29, 0.717) is 29.2 Å². The topological polar surface area (TPSA) is 60.2 Å².